The van der Waals surface area contributed by atoms with E-state index in [-0.39, 0.29) is 43.3 Å². The number of benzene rings is 1. The van der Waals surface area contributed by atoms with Crippen LogP contribution in [0.5, 0.6) is 0 Å². The molecule has 2 aliphatic rings. The number of carbonyl (C=O) groups excluding carboxylic acids is 3. The lowest BCUT2D eigenvalue weighted by atomic mass is 9.78. The second kappa shape index (κ2) is 8.33. The third-order valence-corrected chi connectivity index (χ3v) is 6.27. The largest absolute Gasteiger partial charge is 0.351 e. The highest BCUT2D eigenvalue weighted by atomic mass is 16.2. The maximum Gasteiger partial charge on any atom is 0.261 e. The number of nitrogens with zero attached hydrogens (tertiary/aromatic N) is 5. The summed E-state index contributed by atoms with van der Waals surface area (Å²) < 4.78 is 0. The van der Waals surface area contributed by atoms with Gasteiger partial charge in [-0.1, -0.05) is 38.8 Å². The molecule has 1 aliphatic carbocycles. The number of amides is 3. The summed E-state index contributed by atoms with van der Waals surface area (Å²) in [4.78, 5) is 39.7. The fourth-order valence-electron chi connectivity index (χ4n) is 4.26. The van der Waals surface area contributed by atoms with Crippen LogP contribution in [0.1, 0.15) is 59.7 Å². The third kappa shape index (κ3) is 3.96. The molecule has 1 aromatic carbocycles. The molecule has 1 fully saturated rings. The molecular weight excluding hydrogens is 384 g/mol. The number of carbonyl (C=O) groups is 3. The van der Waals surface area contributed by atoms with Crippen LogP contribution in [0.4, 0.5) is 0 Å². The molecule has 1 aliphatic heterocycles. The van der Waals surface area contributed by atoms with Gasteiger partial charge in [-0.05, 0) is 35.6 Å². The monoisotopic (exact) mass is 410 g/mol. The molecule has 1 aromatic heterocycles. The molecule has 1 saturated carbocycles. The van der Waals surface area contributed by atoms with Crippen molar-refractivity contribution in [3.8, 4) is 0 Å². The number of aromatic nitrogens is 4. The summed E-state index contributed by atoms with van der Waals surface area (Å²) in [5, 5.41) is 15.2. The van der Waals surface area contributed by atoms with Gasteiger partial charge < -0.3 is 5.32 Å². The van der Waals surface area contributed by atoms with Crippen LogP contribution in [0.2, 0.25) is 0 Å². The number of imide groups is 1. The topological polar surface area (TPSA) is 110 Å². The van der Waals surface area contributed by atoms with Crippen LogP contribution in [-0.2, 0) is 17.8 Å². The van der Waals surface area contributed by atoms with Gasteiger partial charge in [0.15, 0.2) is 5.82 Å². The molecule has 0 saturated heterocycles. The van der Waals surface area contributed by atoms with Crippen LogP contribution in [0.3, 0.4) is 0 Å². The van der Waals surface area contributed by atoms with Gasteiger partial charge in [-0.25, -0.2) is 0 Å². The van der Waals surface area contributed by atoms with Crippen molar-refractivity contribution < 1.29 is 14.4 Å². The molecule has 9 nitrogen and oxygen atoms in total. The molecule has 0 radical (unpaired) electrons. The third-order valence-electron chi connectivity index (χ3n) is 6.27. The Bertz CT molecular complexity index is 936. The fourth-order valence-corrected chi connectivity index (χ4v) is 4.26. The van der Waals surface area contributed by atoms with Gasteiger partial charge in [-0.2, -0.15) is 4.80 Å². The summed E-state index contributed by atoms with van der Waals surface area (Å²) in [5.41, 5.74) is 0.837. The molecular formula is C21H26N6O3. The van der Waals surface area contributed by atoms with Gasteiger partial charge in [-0.3, -0.25) is 19.3 Å². The Morgan fingerprint density at radius 2 is 1.83 bits per heavy atom. The smallest absolute Gasteiger partial charge is 0.261 e. The zero-order valence-electron chi connectivity index (χ0n) is 17.2. The molecule has 2 heterocycles. The first-order valence-corrected chi connectivity index (χ1v) is 10.5. The van der Waals surface area contributed by atoms with E-state index in [0.29, 0.717) is 28.8 Å². The zero-order chi connectivity index (χ0) is 21.3. The maximum absolute atomic E-state index is 12.4. The first-order valence-electron chi connectivity index (χ1n) is 10.5. The average molecular weight is 410 g/mol. The molecule has 158 valence electrons. The maximum atomic E-state index is 12.4. The van der Waals surface area contributed by atoms with Gasteiger partial charge in [0.2, 0.25) is 5.91 Å². The molecule has 4 rings (SSSR count). The Balaban J connectivity index is 1.30. The molecule has 0 spiro atoms. The Morgan fingerprint density at radius 1 is 1.13 bits per heavy atom. The standard InChI is InChI=1S/C21H26N6O3/c1-13-6-5-9-17(14(13)2)22-19(28)12-27-24-18(23-25-27)10-11-26-20(29)15-7-3-4-8-16(15)21(26)30/h3-4,7-8,13-14,17H,5-6,9-12H2,1-2H3,(H,22,28)/t13-,14+,17-/m0/s1. The SMILES string of the molecule is C[C@H]1[C@@H](NC(=O)Cn2nnc(CCN3C(=O)c4ccccc4C3=O)n2)CCC[C@@H]1C. The van der Waals surface area contributed by atoms with Gasteiger partial charge in [-0.15, -0.1) is 10.2 Å². The summed E-state index contributed by atoms with van der Waals surface area (Å²) in [7, 11) is 0. The first-order chi connectivity index (χ1) is 14.4. The Kier molecular flexibility index (Phi) is 5.61. The zero-order valence-corrected chi connectivity index (χ0v) is 17.2. The van der Waals surface area contributed by atoms with Crippen molar-refractivity contribution in [1.82, 2.24) is 30.4 Å². The minimum atomic E-state index is -0.307. The number of hydrogen-bond donors (Lipinski definition) is 1. The molecule has 3 atom stereocenters. The lowest BCUT2D eigenvalue weighted by Crippen LogP contribution is -2.45. The first kappa shape index (κ1) is 20.2. The second-order valence-corrected chi connectivity index (χ2v) is 8.23. The van der Waals surface area contributed by atoms with Crippen LogP contribution in [0.25, 0.3) is 0 Å². The van der Waals surface area contributed by atoms with Crippen LogP contribution in [0.15, 0.2) is 24.3 Å². The van der Waals surface area contributed by atoms with Crippen molar-refractivity contribution in [1.29, 1.82) is 0 Å². The minimum absolute atomic E-state index is 0.00236. The normalized spacial score (nSPS) is 23.5. The van der Waals surface area contributed by atoms with Crippen LogP contribution in [0, 0.1) is 11.8 Å². The molecule has 0 unspecified atom stereocenters. The molecule has 1 N–H and O–H groups in total. The number of fused-ring (bicyclic) bond motifs is 1. The van der Waals surface area contributed by atoms with E-state index in [2.05, 4.69) is 34.6 Å². The number of rotatable bonds is 6. The predicted molar refractivity (Wildman–Crippen MR) is 107 cm³/mol. The van der Waals surface area contributed by atoms with Gasteiger partial charge in [0.05, 0.1) is 11.1 Å². The lowest BCUT2D eigenvalue weighted by molar-refractivity contribution is -0.123. The van der Waals surface area contributed by atoms with Crippen molar-refractivity contribution in [3.63, 3.8) is 0 Å². The van der Waals surface area contributed by atoms with E-state index in [0.717, 1.165) is 12.8 Å². The Morgan fingerprint density at radius 3 is 2.53 bits per heavy atom. The molecule has 0 bridgehead atoms. The summed E-state index contributed by atoms with van der Waals surface area (Å²) in [6.45, 7) is 4.57. The molecule has 30 heavy (non-hydrogen) atoms. The summed E-state index contributed by atoms with van der Waals surface area (Å²) >= 11 is 0. The quantitative estimate of drug-likeness (QED) is 0.722. The van der Waals surface area contributed by atoms with Gasteiger partial charge in [0.25, 0.3) is 11.8 Å². The van der Waals surface area contributed by atoms with Gasteiger partial charge in [0.1, 0.15) is 6.54 Å². The van der Waals surface area contributed by atoms with E-state index >= 15 is 0 Å². The van der Waals surface area contributed by atoms with E-state index in [9.17, 15) is 14.4 Å². The van der Waals surface area contributed by atoms with Crippen LogP contribution < -0.4 is 5.32 Å². The van der Waals surface area contributed by atoms with E-state index in [1.54, 1.807) is 24.3 Å². The average Bonchev–Trinajstić information content (AvgIpc) is 3.27. The Hall–Kier alpha value is -3.10. The highest BCUT2D eigenvalue weighted by Crippen LogP contribution is 2.29. The number of nitrogens with one attached hydrogen (secondary N) is 1. The van der Waals surface area contributed by atoms with Gasteiger partial charge >= 0.3 is 0 Å². The number of tetrazole rings is 1. The van der Waals surface area contributed by atoms with Crippen molar-refractivity contribution in [3.05, 3.63) is 41.2 Å². The van der Waals surface area contributed by atoms with Crippen LogP contribution >= 0.6 is 0 Å². The van der Waals surface area contributed by atoms with E-state index in [1.807, 2.05) is 0 Å². The molecule has 3 amide bonds. The highest BCUT2D eigenvalue weighted by molar-refractivity contribution is 6.21. The Labute approximate surface area is 174 Å². The number of hydrogen-bond acceptors (Lipinski definition) is 6. The van der Waals surface area contributed by atoms with E-state index in [1.165, 1.54) is 16.1 Å². The molecule has 2 aromatic rings. The fraction of sp³-hybridized carbons (Fsp3) is 0.524. The van der Waals surface area contributed by atoms with E-state index in [4.69, 9.17) is 0 Å². The lowest BCUT2D eigenvalue weighted by Gasteiger charge is -2.34. The summed E-state index contributed by atoms with van der Waals surface area (Å²) in [5.74, 6) is 0.685. The highest BCUT2D eigenvalue weighted by Gasteiger charge is 2.35. The van der Waals surface area contributed by atoms with Gasteiger partial charge in [0, 0.05) is 19.0 Å². The van der Waals surface area contributed by atoms with Crippen molar-refractivity contribution in [2.45, 2.75) is 52.1 Å². The summed E-state index contributed by atoms with van der Waals surface area (Å²) in [6, 6.07) is 6.95. The summed E-state index contributed by atoms with van der Waals surface area (Å²) in [6.07, 6.45) is 3.60. The molecule has 9 heteroatoms. The minimum Gasteiger partial charge on any atom is -0.351 e. The van der Waals surface area contributed by atoms with Crippen molar-refractivity contribution >= 4 is 17.7 Å². The van der Waals surface area contributed by atoms with Crippen molar-refractivity contribution in [2.24, 2.45) is 11.8 Å². The van der Waals surface area contributed by atoms with Crippen LogP contribution in [-0.4, -0.2) is 55.4 Å². The predicted octanol–water partition coefficient (Wildman–Crippen LogP) is 1.45. The van der Waals surface area contributed by atoms with Crippen molar-refractivity contribution in [2.75, 3.05) is 6.54 Å². The second-order valence-electron chi connectivity index (χ2n) is 8.23. The van der Waals surface area contributed by atoms with E-state index < -0.39 is 0 Å².